The number of rotatable bonds is 6. The van der Waals surface area contributed by atoms with E-state index in [1.807, 2.05) is 6.92 Å². The zero-order chi connectivity index (χ0) is 15.1. The molecule has 0 fully saturated rings. The normalized spacial score (nSPS) is 10.2. The van der Waals surface area contributed by atoms with Crippen molar-refractivity contribution in [3.8, 4) is 0 Å². The lowest BCUT2D eigenvalue weighted by atomic mass is 10.1. The number of carbonyl (C=O) groups is 2. The quantitative estimate of drug-likeness (QED) is 0.811. The van der Waals surface area contributed by atoms with Crippen molar-refractivity contribution in [3.63, 3.8) is 0 Å². The summed E-state index contributed by atoms with van der Waals surface area (Å²) in [7, 11) is 0. The van der Waals surface area contributed by atoms with E-state index in [4.69, 9.17) is 16.3 Å². The minimum absolute atomic E-state index is 0.0215. The second-order valence-corrected chi connectivity index (χ2v) is 4.56. The lowest BCUT2D eigenvalue weighted by Gasteiger charge is -2.23. The van der Waals surface area contributed by atoms with E-state index in [0.717, 1.165) is 12.8 Å². The van der Waals surface area contributed by atoms with Crippen LogP contribution in [-0.4, -0.2) is 30.3 Å². The third-order valence-electron chi connectivity index (χ3n) is 2.75. The number of unbranched alkanes of at least 4 members (excludes halogenated alkanes) is 1. The van der Waals surface area contributed by atoms with Gasteiger partial charge in [-0.2, -0.15) is 0 Å². The van der Waals surface area contributed by atoms with Gasteiger partial charge >= 0.3 is 12.1 Å². The predicted molar refractivity (Wildman–Crippen MR) is 77.7 cm³/mol. The second-order valence-electron chi connectivity index (χ2n) is 4.15. The van der Waals surface area contributed by atoms with Crippen LogP contribution in [0.15, 0.2) is 18.2 Å². The Labute approximate surface area is 123 Å². The molecule has 0 saturated carbocycles. The van der Waals surface area contributed by atoms with Crippen molar-refractivity contribution in [2.24, 2.45) is 0 Å². The number of nitrogens with zero attached hydrogens (tertiary/aromatic N) is 1. The van der Waals surface area contributed by atoms with Crippen LogP contribution in [0.25, 0.3) is 0 Å². The van der Waals surface area contributed by atoms with Gasteiger partial charge in [-0.05, 0) is 25.5 Å². The minimum Gasteiger partial charge on any atom is -0.478 e. The Bertz CT molecular complexity index is 490. The number of amides is 1. The highest BCUT2D eigenvalue weighted by Crippen LogP contribution is 2.30. The van der Waals surface area contributed by atoms with E-state index >= 15 is 0 Å². The number of carboxylic acid groups (broad SMARTS) is 1. The Morgan fingerprint density at radius 2 is 2.05 bits per heavy atom. The Kier molecular flexibility index (Phi) is 6.31. The number of hydrogen-bond donors (Lipinski definition) is 1. The topological polar surface area (TPSA) is 66.8 Å². The van der Waals surface area contributed by atoms with Gasteiger partial charge in [-0.3, -0.25) is 4.90 Å². The van der Waals surface area contributed by atoms with E-state index in [1.165, 1.54) is 17.0 Å². The first-order valence-electron chi connectivity index (χ1n) is 6.49. The molecule has 0 saturated heterocycles. The molecule has 1 aromatic rings. The Hall–Kier alpha value is -1.75. The molecular weight excluding hydrogens is 282 g/mol. The Balaban J connectivity index is 3.06. The van der Waals surface area contributed by atoms with Gasteiger partial charge in [0.15, 0.2) is 0 Å². The lowest BCUT2D eigenvalue weighted by Crippen LogP contribution is -2.33. The van der Waals surface area contributed by atoms with E-state index in [0.29, 0.717) is 6.61 Å². The third kappa shape index (κ3) is 3.87. The average Bonchev–Trinajstić information content (AvgIpc) is 2.41. The van der Waals surface area contributed by atoms with Crippen molar-refractivity contribution in [1.82, 2.24) is 0 Å². The summed E-state index contributed by atoms with van der Waals surface area (Å²) in [5.74, 6) is -1.14. The van der Waals surface area contributed by atoms with Gasteiger partial charge < -0.3 is 9.84 Å². The van der Waals surface area contributed by atoms with Gasteiger partial charge in [0, 0.05) is 6.54 Å². The highest BCUT2D eigenvalue weighted by molar-refractivity contribution is 6.34. The van der Waals surface area contributed by atoms with Crippen LogP contribution in [0.5, 0.6) is 0 Å². The molecule has 20 heavy (non-hydrogen) atoms. The molecule has 1 aromatic carbocycles. The summed E-state index contributed by atoms with van der Waals surface area (Å²) < 4.78 is 5.12. The van der Waals surface area contributed by atoms with Crippen molar-refractivity contribution in [1.29, 1.82) is 0 Å². The molecule has 0 atom stereocenters. The number of hydrogen-bond acceptors (Lipinski definition) is 3. The minimum atomic E-state index is -1.14. The molecule has 0 bridgehead atoms. The molecule has 1 amide bonds. The maximum atomic E-state index is 12.0. The molecule has 0 radical (unpaired) electrons. The molecule has 0 unspecified atom stereocenters. The predicted octanol–water partition coefficient (Wildman–Crippen LogP) is 3.80. The van der Waals surface area contributed by atoms with Gasteiger partial charge in [0.1, 0.15) is 0 Å². The fourth-order valence-corrected chi connectivity index (χ4v) is 2.00. The zero-order valence-electron chi connectivity index (χ0n) is 11.6. The highest BCUT2D eigenvalue weighted by Gasteiger charge is 2.24. The van der Waals surface area contributed by atoms with Crippen LogP contribution in [-0.2, 0) is 4.74 Å². The Morgan fingerprint density at radius 1 is 1.35 bits per heavy atom. The molecule has 5 nitrogen and oxygen atoms in total. The molecule has 0 aromatic heterocycles. The summed E-state index contributed by atoms with van der Waals surface area (Å²) in [4.78, 5) is 24.5. The van der Waals surface area contributed by atoms with Crippen LogP contribution < -0.4 is 4.90 Å². The highest BCUT2D eigenvalue weighted by atomic mass is 35.5. The maximum absolute atomic E-state index is 12.0. The van der Waals surface area contributed by atoms with Crippen molar-refractivity contribution < 1.29 is 19.4 Å². The van der Waals surface area contributed by atoms with Gasteiger partial charge in [0.05, 0.1) is 22.9 Å². The molecular formula is C14H18ClNO4. The summed E-state index contributed by atoms with van der Waals surface area (Å²) in [6.45, 7) is 4.30. The summed E-state index contributed by atoms with van der Waals surface area (Å²) in [5.41, 5.74) is 0.150. The van der Waals surface area contributed by atoms with Crippen LogP contribution >= 0.6 is 11.6 Å². The average molecular weight is 300 g/mol. The van der Waals surface area contributed by atoms with Gasteiger partial charge in [-0.15, -0.1) is 0 Å². The SMILES string of the molecule is CCCCOC(=O)N(CC)c1c(Cl)cccc1C(=O)O. The molecule has 6 heteroatoms. The molecule has 0 aliphatic rings. The molecule has 1 N–H and O–H groups in total. The maximum Gasteiger partial charge on any atom is 0.414 e. The van der Waals surface area contributed by atoms with E-state index < -0.39 is 12.1 Å². The fraction of sp³-hybridized carbons (Fsp3) is 0.429. The first-order chi connectivity index (χ1) is 9.52. The van der Waals surface area contributed by atoms with Gasteiger partial charge in [-0.1, -0.05) is 31.0 Å². The number of halogens is 1. The molecule has 1 rings (SSSR count). The standard InChI is InChI=1S/C14H18ClNO4/c1-3-5-9-20-14(19)16(4-2)12-10(13(17)18)7-6-8-11(12)15/h6-8H,3-5,9H2,1-2H3,(H,17,18). The lowest BCUT2D eigenvalue weighted by molar-refractivity contribution is 0.0697. The van der Waals surface area contributed by atoms with Gasteiger partial charge in [0.2, 0.25) is 0 Å². The van der Waals surface area contributed by atoms with Crippen LogP contribution in [0.2, 0.25) is 5.02 Å². The molecule has 0 heterocycles. The second kappa shape index (κ2) is 7.75. The third-order valence-corrected chi connectivity index (χ3v) is 3.05. The van der Waals surface area contributed by atoms with Crippen LogP contribution in [0, 0.1) is 0 Å². The molecule has 0 aliphatic carbocycles. The zero-order valence-corrected chi connectivity index (χ0v) is 12.3. The van der Waals surface area contributed by atoms with Crippen LogP contribution in [0.4, 0.5) is 10.5 Å². The Morgan fingerprint density at radius 3 is 2.60 bits per heavy atom. The van der Waals surface area contributed by atoms with E-state index in [9.17, 15) is 14.7 Å². The number of anilines is 1. The molecule has 0 aliphatic heterocycles. The first kappa shape index (κ1) is 16.3. The number of carbonyl (C=O) groups excluding carboxylic acids is 1. The summed E-state index contributed by atoms with van der Waals surface area (Å²) in [5, 5.41) is 9.40. The number of ether oxygens (including phenoxy) is 1. The van der Waals surface area contributed by atoms with E-state index in [2.05, 4.69) is 0 Å². The van der Waals surface area contributed by atoms with Gasteiger partial charge in [0.25, 0.3) is 0 Å². The number of benzene rings is 1. The van der Waals surface area contributed by atoms with Gasteiger partial charge in [-0.25, -0.2) is 9.59 Å². The largest absolute Gasteiger partial charge is 0.478 e. The van der Waals surface area contributed by atoms with Crippen molar-refractivity contribution in [2.75, 3.05) is 18.1 Å². The van der Waals surface area contributed by atoms with Crippen LogP contribution in [0.1, 0.15) is 37.0 Å². The summed E-state index contributed by atoms with van der Waals surface area (Å²) >= 11 is 6.04. The summed E-state index contributed by atoms with van der Waals surface area (Å²) in [6, 6.07) is 4.49. The number of para-hydroxylation sites is 1. The van der Waals surface area contributed by atoms with Crippen molar-refractivity contribution in [2.45, 2.75) is 26.7 Å². The number of aromatic carboxylic acids is 1. The fourth-order valence-electron chi connectivity index (χ4n) is 1.72. The van der Waals surface area contributed by atoms with Crippen LogP contribution in [0.3, 0.4) is 0 Å². The molecule has 0 spiro atoms. The first-order valence-corrected chi connectivity index (χ1v) is 6.86. The van der Waals surface area contributed by atoms with E-state index in [1.54, 1.807) is 13.0 Å². The number of carboxylic acids is 1. The smallest absolute Gasteiger partial charge is 0.414 e. The molecule has 110 valence electrons. The van der Waals surface area contributed by atoms with E-state index in [-0.39, 0.29) is 22.8 Å². The monoisotopic (exact) mass is 299 g/mol. The van der Waals surface area contributed by atoms with Crippen molar-refractivity contribution >= 4 is 29.4 Å². The van der Waals surface area contributed by atoms with Crippen molar-refractivity contribution in [3.05, 3.63) is 28.8 Å². The summed E-state index contributed by atoms with van der Waals surface area (Å²) in [6.07, 6.45) is 1.08.